The van der Waals surface area contributed by atoms with Gasteiger partial charge in [-0.2, -0.15) is 16.9 Å². The van der Waals surface area contributed by atoms with Crippen LogP contribution in [0, 0.1) is 0 Å². The van der Waals surface area contributed by atoms with E-state index in [1.807, 2.05) is 16.4 Å². The van der Waals surface area contributed by atoms with Crippen LogP contribution >= 0.6 is 11.8 Å². The second-order valence-electron chi connectivity index (χ2n) is 4.99. The van der Waals surface area contributed by atoms with Gasteiger partial charge in [-0.15, -0.1) is 0 Å². The molecule has 17 heavy (non-hydrogen) atoms. The van der Waals surface area contributed by atoms with Crippen LogP contribution in [0.15, 0.2) is 6.33 Å². The van der Waals surface area contributed by atoms with E-state index in [2.05, 4.69) is 23.9 Å². The molecule has 2 atom stereocenters. The van der Waals surface area contributed by atoms with Crippen LogP contribution in [0.4, 0.5) is 0 Å². The van der Waals surface area contributed by atoms with Gasteiger partial charge in [0.25, 0.3) is 0 Å². The quantitative estimate of drug-likeness (QED) is 0.893. The van der Waals surface area contributed by atoms with Crippen molar-refractivity contribution in [3.05, 3.63) is 12.2 Å². The summed E-state index contributed by atoms with van der Waals surface area (Å²) in [5.74, 6) is 2.29. The van der Waals surface area contributed by atoms with Gasteiger partial charge in [0.05, 0.1) is 0 Å². The molecule has 2 N–H and O–H groups in total. The van der Waals surface area contributed by atoms with Crippen LogP contribution in [0.5, 0.6) is 0 Å². The molecule has 1 saturated heterocycles. The Labute approximate surface area is 107 Å². The second-order valence-corrected chi connectivity index (χ2v) is 6.33. The van der Waals surface area contributed by atoms with Crippen molar-refractivity contribution in [1.29, 1.82) is 0 Å². The van der Waals surface area contributed by atoms with Crippen LogP contribution in [-0.4, -0.2) is 31.8 Å². The Morgan fingerprint density at radius 3 is 3.00 bits per heavy atom. The van der Waals surface area contributed by atoms with Gasteiger partial charge in [-0.3, -0.25) is 0 Å². The molecular weight excluding hydrogens is 232 g/mol. The first-order chi connectivity index (χ1) is 8.18. The summed E-state index contributed by atoms with van der Waals surface area (Å²) in [6.45, 7) is 4.25. The third kappa shape index (κ3) is 3.22. The lowest BCUT2D eigenvalue weighted by molar-refractivity contribution is 0.478. The van der Waals surface area contributed by atoms with E-state index in [0.717, 1.165) is 12.2 Å². The number of thioether (sulfide) groups is 1. The Bertz CT molecular complexity index is 344. The maximum Gasteiger partial charge on any atom is 0.138 e. The summed E-state index contributed by atoms with van der Waals surface area (Å²) in [4.78, 5) is 4.33. The van der Waals surface area contributed by atoms with E-state index in [1.165, 1.54) is 25.0 Å². The maximum atomic E-state index is 6.31. The van der Waals surface area contributed by atoms with Crippen molar-refractivity contribution in [2.24, 2.45) is 5.73 Å². The van der Waals surface area contributed by atoms with Gasteiger partial charge in [-0.05, 0) is 32.4 Å². The first-order valence-electron chi connectivity index (χ1n) is 6.44. The van der Waals surface area contributed by atoms with Gasteiger partial charge < -0.3 is 5.73 Å². The summed E-state index contributed by atoms with van der Waals surface area (Å²) in [7, 11) is 0. The van der Waals surface area contributed by atoms with Crippen molar-refractivity contribution in [2.45, 2.75) is 56.9 Å². The highest BCUT2D eigenvalue weighted by Gasteiger charge is 2.23. The van der Waals surface area contributed by atoms with Crippen molar-refractivity contribution in [2.75, 3.05) is 5.75 Å². The van der Waals surface area contributed by atoms with Gasteiger partial charge >= 0.3 is 0 Å². The maximum absolute atomic E-state index is 6.31. The molecule has 2 heterocycles. The van der Waals surface area contributed by atoms with Gasteiger partial charge in [0.15, 0.2) is 0 Å². The van der Waals surface area contributed by atoms with Crippen LogP contribution in [0.25, 0.3) is 0 Å². The molecule has 96 valence electrons. The van der Waals surface area contributed by atoms with Crippen molar-refractivity contribution < 1.29 is 0 Å². The van der Waals surface area contributed by atoms with Gasteiger partial charge in [-0.25, -0.2) is 9.67 Å². The van der Waals surface area contributed by atoms with Crippen LogP contribution in [0.3, 0.4) is 0 Å². The molecule has 2 unspecified atom stereocenters. The summed E-state index contributed by atoms with van der Waals surface area (Å²) in [5, 5.41) is 4.86. The topological polar surface area (TPSA) is 56.7 Å². The summed E-state index contributed by atoms with van der Waals surface area (Å²) >= 11 is 2.02. The lowest BCUT2D eigenvalue weighted by Crippen LogP contribution is -2.37. The first kappa shape index (κ1) is 12.9. The molecule has 4 nitrogen and oxygen atoms in total. The van der Waals surface area contributed by atoms with E-state index in [4.69, 9.17) is 5.73 Å². The molecule has 0 aromatic carbocycles. The molecular formula is C12H22N4S. The summed E-state index contributed by atoms with van der Waals surface area (Å²) < 4.78 is 1.98. The third-order valence-electron chi connectivity index (χ3n) is 3.25. The average Bonchev–Trinajstić information content (AvgIpc) is 2.78. The fourth-order valence-electron chi connectivity index (χ4n) is 2.30. The van der Waals surface area contributed by atoms with Crippen molar-refractivity contribution >= 4 is 11.8 Å². The smallest absolute Gasteiger partial charge is 0.138 e. The highest BCUT2D eigenvalue weighted by molar-refractivity contribution is 8.00. The van der Waals surface area contributed by atoms with E-state index in [-0.39, 0.29) is 6.04 Å². The number of aromatic nitrogens is 3. The van der Waals surface area contributed by atoms with Crippen molar-refractivity contribution in [3.63, 3.8) is 0 Å². The lowest BCUT2D eigenvalue weighted by atomic mass is 10.0. The molecule has 1 aliphatic heterocycles. The summed E-state index contributed by atoms with van der Waals surface area (Å²) in [5.41, 5.74) is 6.31. The highest BCUT2D eigenvalue weighted by atomic mass is 32.2. The molecule has 0 amide bonds. The number of hydrogen-bond donors (Lipinski definition) is 1. The van der Waals surface area contributed by atoms with Gasteiger partial charge in [0.1, 0.15) is 12.2 Å². The van der Waals surface area contributed by atoms with E-state index < -0.39 is 0 Å². The Balaban J connectivity index is 1.97. The Morgan fingerprint density at radius 2 is 2.35 bits per heavy atom. The molecule has 5 heteroatoms. The Hall–Kier alpha value is -0.550. The standard InChI is InChI=1S/C12H22N4S/c1-9(2)16-12(14-8-15-16)7-10(13)11-5-3-4-6-17-11/h8-11H,3-7,13H2,1-2H3. The van der Waals surface area contributed by atoms with Gasteiger partial charge in [0, 0.05) is 23.8 Å². The molecule has 1 fully saturated rings. The summed E-state index contributed by atoms with van der Waals surface area (Å²) in [6, 6.07) is 0.570. The van der Waals surface area contributed by atoms with Crippen LogP contribution in [-0.2, 0) is 6.42 Å². The summed E-state index contributed by atoms with van der Waals surface area (Å²) in [6.07, 6.45) is 6.39. The predicted molar refractivity (Wildman–Crippen MR) is 72.2 cm³/mol. The minimum absolute atomic E-state index is 0.210. The lowest BCUT2D eigenvalue weighted by Gasteiger charge is -2.27. The SMILES string of the molecule is CC(C)n1ncnc1CC(N)C1CCCCS1. The fourth-order valence-corrected chi connectivity index (χ4v) is 3.65. The molecule has 2 rings (SSSR count). The van der Waals surface area contributed by atoms with Crippen LogP contribution in [0.2, 0.25) is 0 Å². The largest absolute Gasteiger partial charge is 0.326 e. The molecule has 0 saturated carbocycles. The minimum Gasteiger partial charge on any atom is -0.326 e. The van der Waals surface area contributed by atoms with E-state index in [9.17, 15) is 0 Å². The molecule has 0 radical (unpaired) electrons. The minimum atomic E-state index is 0.210. The van der Waals surface area contributed by atoms with E-state index in [0.29, 0.717) is 11.3 Å². The van der Waals surface area contributed by atoms with Crippen LogP contribution in [0.1, 0.15) is 45.0 Å². The number of rotatable bonds is 4. The zero-order chi connectivity index (χ0) is 12.3. The number of nitrogens with zero attached hydrogens (tertiary/aromatic N) is 3. The molecule has 1 aromatic rings. The zero-order valence-electron chi connectivity index (χ0n) is 10.7. The average molecular weight is 254 g/mol. The van der Waals surface area contributed by atoms with Gasteiger partial charge in [-0.1, -0.05) is 6.42 Å². The van der Waals surface area contributed by atoms with Gasteiger partial charge in [0.2, 0.25) is 0 Å². The molecule has 1 aliphatic rings. The number of hydrogen-bond acceptors (Lipinski definition) is 4. The van der Waals surface area contributed by atoms with Crippen molar-refractivity contribution in [3.8, 4) is 0 Å². The van der Waals surface area contributed by atoms with Crippen LogP contribution < -0.4 is 5.73 Å². The Kier molecular flexibility index (Phi) is 4.45. The fraction of sp³-hybridized carbons (Fsp3) is 0.833. The molecule has 1 aromatic heterocycles. The monoisotopic (exact) mass is 254 g/mol. The predicted octanol–water partition coefficient (Wildman–Crippen LogP) is 2.01. The van der Waals surface area contributed by atoms with E-state index >= 15 is 0 Å². The Morgan fingerprint density at radius 1 is 1.53 bits per heavy atom. The normalized spacial score (nSPS) is 22.9. The van der Waals surface area contributed by atoms with E-state index in [1.54, 1.807) is 6.33 Å². The third-order valence-corrected chi connectivity index (χ3v) is 4.78. The molecule has 0 bridgehead atoms. The number of nitrogens with two attached hydrogens (primary N) is 1. The zero-order valence-corrected chi connectivity index (χ0v) is 11.5. The first-order valence-corrected chi connectivity index (χ1v) is 7.49. The highest BCUT2D eigenvalue weighted by Crippen LogP contribution is 2.28. The van der Waals surface area contributed by atoms with Crippen molar-refractivity contribution in [1.82, 2.24) is 14.8 Å². The molecule has 0 aliphatic carbocycles. The molecule has 0 spiro atoms. The second kappa shape index (κ2) is 5.87.